The second-order valence-electron chi connectivity index (χ2n) is 4.20. The van der Waals surface area contributed by atoms with Crippen LogP contribution >= 0.6 is 0 Å². The van der Waals surface area contributed by atoms with Gasteiger partial charge < -0.3 is 19.7 Å². The first-order valence-electron chi connectivity index (χ1n) is 6.20. The minimum atomic E-state index is 0.271. The third kappa shape index (κ3) is 2.48. The molecule has 1 atom stereocenters. The molecule has 0 saturated carbocycles. The van der Waals surface area contributed by atoms with E-state index in [1.54, 1.807) is 20.5 Å². The minimum Gasteiger partial charge on any atom is -0.490 e. The van der Waals surface area contributed by atoms with Crippen molar-refractivity contribution in [2.24, 2.45) is 0 Å². The molecule has 1 aromatic heterocycles. The Bertz CT molecular complexity index is 400. The number of aromatic nitrogens is 2. The molecule has 1 unspecified atom stereocenters. The van der Waals surface area contributed by atoms with Crippen molar-refractivity contribution in [2.45, 2.75) is 19.4 Å². The Balaban J connectivity index is 2.24. The van der Waals surface area contributed by atoms with Gasteiger partial charge in [0, 0.05) is 26.7 Å². The van der Waals surface area contributed by atoms with E-state index in [-0.39, 0.29) is 6.10 Å². The normalized spacial score (nSPS) is 19.1. The molecule has 1 aliphatic heterocycles. The molecule has 6 nitrogen and oxygen atoms in total. The summed E-state index contributed by atoms with van der Waals surface area (Å²) < 4.78 is 10.8. The fourth-order valence-corrected chi connectivity index (χ4v) is 2.18. The molecular formula is C12H20N4O2. The summed E-state index contributed by atoms with van der Waals surface area (Å²) in [5.41, 5.74) is 0. The van der Waals surface area contributed by atoms with Crippen LogP contribution in [0.2, 0.25) is 0 Å². The predicted molar refractivity (Wildman–Crippen MR) is 70.4 cm³/mol. The third-order valence-corrected chi connectivity index (χ3v) is 3.11. The van der Waals surface area contributed by atoms with E-state index >= 15 is 0 Å². The van der Waals surface area contributed by atoms with Gasteiger partial charge in [-0.25, -0.2) is 9.97 Å². The molecule has 0 aromatic carbocycles. The lowest BCUT2D eigenvalue weighted by Gasteiger charge is -2.20. The molecule has 2 heterocycles. The zero-order valence-corrected chi connectivity index (χ0v) is 11.1. The Kier molecular flexibility index (Phi) is 4.19. The summed E-state index contributed by atoms with van der Waals surface area (Å²) in [7, 11) is 3.39. The molecule has 1 aliphatic rings. The molecule has 1 N–H and O–H groups in total. The van der Waals surface area contributed by atoms with Gasteiger partial charge in [0.25, 0.3) is 0 Å². The van der Waals surface area contributed by atoms with E-state index in [1.807, 2.05) is 6.92 Å². The van der Waals surface area contributed by atoms with Crippen LogP contribution in [0, 0.1) is 0 Å². The molecule has 1 saturated heterocycles. The number of methoxy groups -OCH3 is 2. The number of hydrogen-bond acceptors (Lipinski definition) is 6. The average molecular weight is 252 g/mol. The quantitative estimate of drug-likeness (QED) is 0.848. The Morgan fingerprint density at radius 1 is 1.44 bits per heavy atom. The molecular weight excluding hydrogens is 232 g/mol. The van der Waals surface area contributed by atoms with E-state index < -0.39 is 0 Å². The van der Waals surface area contributed by atoms with E-state index in [4.69, 9.17) is 9.47 Å². The Morgan fingerprint density at radius 3 is 2.89 bits per heavy atom. The van der Waals surface area contributed by atoms with Crippen molar-refractivity contribution in [3.05, 3.63) is 6.33 Å². The number of hydrogen-bond donors (Lipinski definition) is 1. The predicted octanol–water partition coefficient (Wildman–Crippen LogP) is 1.14. The van der Waals surface area contributed by atoms with Gasteiger partial charge in [0.15, 0.2) is 11.6 Å². The standard InChI is InChI=1S/C12H20N4O2/c1-4-13-11-10(18-3)12(15-8-14-11)16-6-5-9(7-16)17-2/h8-9H,4-7H2,1-3H3,(H,13,14,15). The van der Waals surface area contributed by atoms with Crippen LogP contribution in [-0.4, -0.2) is 49.9 Å². The van der Waals surface area contributed by atoms with Gasteiger partial charge in [-0.05, 0) is 13.3 Å². The van der Waals surface area contributed by atoms with E-state index in [1.165, 1.54) is 0 Å². The van der Waals surface area contributed by atoms with Crippen LogP contribution in [0.1, 0.15) is 13.3 Å². The highest BCUT2D eigenvalue weighted by Gasteiger charge is 2.26. The van der Waals surface area contributed by atoms with E-state index in [2.05, 4.69) is 20.2 Å². The van der Waals surface area contributed by atoms with Crippen molar-refractivity contribution in [3.8, 4) is 5.75 Å². The summed E-state index contributed by atoms with van der Waals surface area (Å²) in [6.07, 6.45) is 2.85. The van der Waals surface area contributed by atoms with Gasteiger partial charge in [-0.3, -0.25) is 0 Å². The monoisotopic (exact) mass is 252 g/mol. The van der Waals surface area contributed by atoms with Crippen molar-refractivity contribution in [1.29, 1.82) is 0 Å². The van der Waals surface area contributed by atoms with Gasteiger partial charge in [0.1, 0.15) is 6.33 Å². The molecule has 1 aromatic rings. The van der Waals surface area contributed by atoms with Crippen molar-refractivity contribution in [2.75, 3.05) is 44.1 Å². The Labute approximate surface area is 107 Å². The molecule has 6 heteroatoms. The molecule has 0 spiro atoms. The number of nitrogens with zero attached hydrogens (tertiary/aromatic N) is 3. The lowest BCUT2D eigenvalue weighted by atomic mass is 10.3. The smallest absolute Gasteiger partial charge is 0.204 e. The largest absolute Gasteiger partial charge is 0.490 e. The molecule has 100 valence electrons. The number of anilines is 2. The van der Waals surface area contributed by atoms with Crippen molar-refractivity contribution >= 4 is 11.6 Å². The van der Waals surface area contributed by atoms with Crippen LogP contribution in [0.4, 0.5) is 11.6 Å². The zero-order valence-electron chi connectivity index (χ0n) is 11.1. The molecule has 0 amide bonds. The van der Waals surface area contributed by atoms with Crippen LogP contribution in [0.3, 0.4) is 0 Å². The second-order valence-corrected chi connectivity index (χ2v) is 4.20. The maximum atomic E-state index is 5.44. The van der Waals surface area contributed by atoms with Gasteiger partial charge in [-0.1, -0.05) is 0 Å². The SMILES string of the molecule is CCNc1ncnc(N2CCC(OC)C2)c1OC. The summed E-state index contributed by atoms with van der Waals surface area (Å²) >= 11 is 0. The summed E-state index contributed by atoms with van der Waals surface area (Å²) in [6, 6.07) is 0. The summed E-state index contributed by atoms with van der Waals surface area (Å²) in [5.74, 6) is 2.28. The lowest BCUT2D eigenvalue weighted by Crippen LogP contribution is -2.24. The average Bonchev–Trinajstić information content (AvgIpc) is 2.87. The number of ether oxygens (including phenoxy) is 2. The minimum absolute atomic E-state index is 0.271. The van der Waals surface area contributed by atoms with Gasteiger partial charge >= 0.3 is 0 Å². The first-order chi connectivity index (χ1) is 8.80. The molecule has 0 bridgehead atoms. The maximum Gasteiger partial charge on any atom is 0.204 e. The summed E-state index contributed by atoms with van der Waals surface area (Å²) in [5, 5.41) is 3.18. The zero-order chi connectivity index (χ0) is 13.0. The molecule has 0 aliphatic carbocycles. The molecule has 18 heavy (non-hydrogen) atoms. The van der Waals surface area contributed by atoms with Crippen LogP contribution in [0.5, 0.6) is 5.75 Å². The fraction of sp³-hybridized carbons (Fsp3) is 0.667. The van der Waals surface area contributed by atoms with Crippen LogP contribution in [0.15, 0.2) is 6.33 Å². The topological polar surface area (TPSA) is 59.5 Å². The molecule has 2 rings (SSSR count). The van der Waals surface area contributed by atoms with E-state index in [0.717, 1.165) is 37.7 Å². The van der Waals surface area contributed by atoms with Crippen molar-refractivity contribution in [3.63, 3.8) is 0 Å². The van der Waals surface area contributed by atoms with Gasteiger partial charge in [0.2, 0.25) is 5.75 Å². The Hall–Kier alpha value is -1.56. The first kappa shape index (κ1) is 12.9. The highest BCUT2D eigenvalue weighted by Crippen LogP contribution is 2.33. The highest BCUT2D eigenvalue weighted by atomic mass is 16.5. The maximum absolute atomic E-state index is 5.44. The summed E-state index contributed by atoms with van der Waals surface area (Å²) in [6.45, 7) is 4.60. The van der Waals surface area contributed by atoms with E-state index in [0.29, 0.717) is 5.75 Å². The molecule has 1 fully saturated rings. The lowest BCUT2D eigenvalue weighted by molar-refractivity contribution is 0.121. The van der Waals surface area contributed by atoms with E-state index in [9.17, 15) is 0 Å². The van der Waals surface area contributed by atoms with Gasteiger partial charge in [0.05, 0.1) is 13.2 Å². The van der Waals surface area contributed by atoms with Crippen LogP contribution in [-0.2, 0) is 4.74 Å². The van der Waals surface area contributed by atoms with Crippen LogP contribution in [0.25, 0.3) is 0 Å². The number of rotatable bonds is 5. The highest BCUT2D eigenvalue weighted by molar-refractivity contribution is 5.65. The Morgan fingerprint density at radius 2 is 2.28 bits per heavy atom. The van der Waals surface area contributed by atoms with Gasteiger partial charge in [-0.15, -0.1) is 0 Å². The first-order valence-corrected chi connectivity index (χ1v) is 6.20. The third-order valence-electron chi connectivity index (χ3n) is 3.11. The van der Waals surface area contributed by atoms with Crippen molar-refractivity contribution < 1.29 is 9.47 Å². The van der Waals surface area contributed by atoms with Crippen molar-refractivity contribution in [1.82, 2.24) is 9.97 Å². The second kappa shape index (κ2) is 5.86. The number of nitrogens with one attached hydrogen (secondary N) is 1. The molecule has 0 radical (unpaired) electrons. The summed E-state index contributed by atoms with van der Waals surface area (Å²) in [4.78, 5) is 10.7. The fourth-order valence-electron chi connectivity index (χ4n) is 2.18. The van der Waals surface area contributed by atoms with Crippen LogP contribution < -0.4 is 15.0 Å². The van der Waals surface area contributed by atoms with Gasteiger partial charge in [-0.2, -0.15) is 0 Å².